The molecule has 2 atom stereocenters. The lowest BCUT2D eigenvalue weighted by Gasteiger charge is -2.20. The van der Waals surface area contributed by atoms with E-state index in [9.17, 15) is 18.0 Å². The Bertz CT molecular complexity index is 545. The second-order valence-corrected chi connectivity index (χ2v) is 5.56. The molecule has 4 nitrogen and oxygen atoms in total. The summed E-state index contributed by atoms with van der Waals surface area (Å²) >= 11 is 0. The molecule has 0 aliphatic heterocycles. The summed E-state index contributed by atoms with van der Waals surface area (Å²) in [5, 5.41) is 0. The molecule has 1 saturated carbocycles. The predicted octanol–water partition coefficient (Wildman–Crippen LogP) is 2.72. The van der Waals surface area contributed by atoms with Crippen molar-refractivity contribution in [1.82, 2.24) is 4.90 Å². The fourth-order valence-electron chi connectivity index (χ4n) is 2.32. The zero-order valence-electron chi connectivity index (χ0n) is 11.9. The van der Waals surface area contributed by atoms with Gasteiger partial charge in [-0.2, -0.15) is 13.2 Å². The number of rotatable bonds is 4. The molecular formula is C14H18F3N3O. The molecule has 2 unspecified atom stereocenters. The number of hydrazine groups is 1. The number of halogens is 3. The maximum absolute atomic E-state index is 12.8. The summed E-state index contributed by atoms with van der Waals surface area (Å²) in [5.74, 6) is 5.81. The number of nitrogens with zero attached hydrogens (tertiary/aromatic N) is 1. The van der Waals surface area contributed by atoms with Gasteiger partial charge in [-0.3, -0.25) is 10.6 Å². The minimum absolute atomic E-state index is 0.0665. The Balaban J connectivity index is 2.25. The molecule has 1 amide bonds. The summed E-state index contributed by atoms with van der Waals surface area (Å²) < 4.78 is 38.3. The fraction of sp³-hybridized carbons (Fsp3) is 0.500. The Kier molecular flexibility index (Phi) is 4.13. The van der Waals surface area contributed by atoms with Gasteiger partial charge in [0, 0.05) is 13.6 Å². The normalized spacial score (nSPS) is 21.0. The number of carbonyl (C=O) groups is 1. The van der Waals surface area contributed by atoms with Crippen LogP contribution in [0, 0.1) is 11.8 Å². The average molecular weight is 301 g/mol. The Morgan fingerprint density at radius 3 is 2.57 bits per heavy atom. The molecule has 0 aromatic heterocycles. The van der Waals surface area contributed by atoms with Crippen molar-refractivity contribution in [2.75, 3.05) is 19.0 Å². The number of hydrogen-bond donors (Lipinski definition) is 2. The van der Waals surface area contributed by atoms with Crippen LogP contribution in [0.15, 0.2) is 18.2 Å². The summed E-state index contributed by atoms with van der Waals surface area (Å²) in [6.45, 7) is 2.63. The van der Waals surface area contributed by atoms with Gasteiger partial charge >= 0.3 is 6.18 Å². The van der Waals surface area contributed by atoms with Gasteiger partial charge in [0.2, 0.25) is 0 Å². The molecule has 21 heavy (non-hydrogen) atoms. The van der Waals surface area contributed by atoms with Crippen molar-refractivity contribution in [3.8, 4) is 0 Å². The minimum atomic E-state index is -4.49. The van der Waals surface area contributed by atoms with Gasteiger partial charge in [-0.25, -0.2) is 0 Å². The molecule has 0 heterocycles. The van der Waals surface area contributed by atoms with E-state index < -0.39 is 17.6 Å². The zero-order valence-corrected chi connectivity index (χ0v) is 11.9. The van der Waals surface area contributed by atoms with Crippen LogP contribution in [0.4, 0.5) is 18.9 Å². The Morgan fingerprint density at radius 1 is 1.48 bits per heavy atom. The lowest BCUT2D eigenvalue weighted by atomic mass is 10.1. The summed E-state index contributed by atoms with van der Waals surface area (Å²) in [4.78, 5) is 13.8. The number of amides is 1. The highest BCUT2D eigenvalue weighted by molar-refractivity contribution is 5.99. The van der Waals surface area contributed by atoms with E-state index in [2.05, 4.69) is 12.3 Å². The van der Waals surface area contributed by atoms with Crippen LogP contribution in [0.25, 0.3) is 0 Å². The molecule has 1 aliphatic carbocycles. The first-order chi connectivity index (χ1) is 9.74. The molecule has 1 aliphatic rings. The van der Waals surface area contributed by atoms with E-state index in [4.69, 9.17) is 5.84 Å². The number of benzene rings is 1. The van der Waals surface area contributed by atoms with E-state index in [1.165, 1.54) is 11.0 Å². The molecule has 1 aromatic carbocycles. The first-order valence-electron chi connectivity index (χ1n) is 6.67. The summed E-state index contributed by atoms with van der Waals surface area (Å²) in [6.07, 6.45) is -3.45. The van der Waals surface area contributed by atoms with Crippen LogP contribution in [-0.4, -0.2) is 24.4 Å². The van der Waals surface area contributed by atoms with Crippen molar-refractivity contribution >= 4 is 11.6 Å². The molecule has 0 bridgehead atoms. The Hall–Kier alpha value is -1.76. The van der Waals surface area contributed by atoms with Gasteiger partial charge in [0.05, 0.1) is 16.8 Å². The lowest BCUT2D eigenvalue weighted by Crippen LogP contribution is -2.30. The smallest absolute Gasteiger partial charge is 0.341 e. The van der Waals surface area contributed by atoms with Crippen molar-refractivity contribution in [3.63, 3.8) is 0 Å². The van der Waals surface area contributed by atoms with E-state index in [1.54, 1.807) is 7.05 Å². The third-order valence-corrected chi connectivity index (χ3v) is 3.86. The van der Waals surface area contributed by atoms with Gasteiger partial charge < -0.3 is 10.3 Å². The van der Waals surface area contributed by atoms with E-state index in [1.807, 2.05) is 0 Å². The second-order valence-electron chi connectivity index (χ2n) is 5.56. The lowest BCUT2D eigenvalue weighted by molar-refractivity contribution is -0.137. The standard InChI is InChI=1S/C14H18F3N3O/c1-8-5-9(8)7-20(2)13(21)11-6-10(14(15,16)17)3-4-12(11)19-18/h3-4,6,8-9,19H,5,7,18H2,1-2H3. The van der Waals surface area contributed by atoms with Gasteiger partial charge in [0.15, 0.2) is 0 Å². The molecule has 0 saturated heterocycles. The van der Waals surface area contributed by atoms with Crippen LogP contribution < -0.4 is 11.3 Å². The van der Waals surface area contributed by atoms with E-state index in [0.717, 1.165) is 18.6 Å². The molecule has 1 aromatic rings. The van der Waals surface area contributed by atoms with Crippen LogP contribution in [-0.2, 0) is 6.18 Å². The van der Waals surface area contributed by atoms with E-state index in [-0.39, 0.29) is 11.3 Å². The quantitative estimate of drug-likeness (QED) is 0.664. The number of alkyl halides is 3. The van der Waals surface area contributed by atoms with Crippen molar-refractivity contribution in [3.05, 3.63) is 29.3 Å². The van der Waals surface area contributed by atoms with Crippen LogP contribution in [0.2, 0.25) is 0 Å². The van der Waals surface area contributed by atoms with Gasteiger partial charge in [0.25, 0.3) is 5.91 Å². The summed E-state index contributed by atoms with van der Waals surface area (Å²) in [5.41, 5.74) is 1.53. The fourth-order valence-corrected chi connectivity index (χ4v) is 2.32. The first-order valence-corrected chi connectivity index (χ1v) is 6.67. The zero-order chi connectivity index (χ0) is 15.8. The summed E-state index contributed by atoms with van der Waals surface area (Å²) in [7, 11) is 1.59. The number of nitrogen functional groups attached to an aromatic ring is 1. The highest BCUT2D eigenvalue weighted by Gasteiger charge is 2.35. The number of carbonyl (C=O) groups excluding carboxylic acids is 1. The molecule has 3 N–H and O–H groups in total. The Labute approximate surface area is 121 Å². The van der Waals surface area contributed by atoms with E-state index >= 15 is 0 Å². The van der Waals surface area contributed by atoms with Crippen LogP contribution in [0.3, 0.4) is 0 Å². The maximum atomic E-state index is 12.8. The van der Waals surface area contributed by atoms with Gasteiger partial charge in [0.1, 0.15) is 0 Å². The summed E-state index contributed by atoms with van der Waals surface area (Å²) in [6, 6.07) is 2.91. The Morgan fingerprint density at radius 2 is 2.10 bits per heavy atom. The topological polar surface area (TPSA) is 58.4 Å². The van der Waals surface area contributed by atoms with Crippen molar-refractivity contribution in [2.24, 2.45) is 17.7 Å². The monoisotopic (exact) mass is 301 g/mol. The highest BCUT2D eigenvalue weighted by Crippen LogP contribution is 2.38. The van der Waals surface area contributed by atoms with Crippen molar-refractivity contribution in [2.45, 2.75) is 19.5 Å². The maximum Gasteiger partial charge on any atom is 0.416 e. The molecule has 2 rings (SSSR count). The third-order valence-electron chi connectivity index (χ3n) is 3.86. The van der Waals surface area contributed by atoms with Gasteiger partial charge in [-0.1, -0.05) is 6.92 Å². The number of hydrogen-bond acceptors (Lipinski definition) is 3. The average Bonchev–Trinajstić information content (AvgIpc) is 3.11. The molecule has 0 spiro atoms. The first kappa shape index (κ1) is 15.6. The SMILES string of the molecule is CC1CC1CN(C)C(=O)c1cc(C(F)(F)F)ccc1NN. The largest absolute Gasteiger partial charge is 0.416 e. The molecule has 116 valence electrons. The number of nitrogens with one attached hydrogen (secondary N) is 1. The second kappa shape index (κ2) is 5.55. The number of nitrogens with two attached hydrogens (primary N) is 1. The molecule has 0 radical (unpaired) electrons. The van der Waals surface area contributed by atoms with Crippen LogP contribution >= 0.6 is 0 Å². The molecule has 7 heteroatoms. The van der Waals surface area contributed by atoms with Crippen LogP contribution in [0.1, 0.15) is 29.3 Å². The molecule has 1 fully saturated rings. The third kappa shape index (κ3) is 3.47. The predicted molar refractivity (Wildman–Crippen MR) is 73.5 cm³/mol. The van der Waals surface area contributed by atoms with Crippen molar-refractivity contribution in [1.29, 1.82) is 0 Å². The van der Waals surface area contributed by atoms with Crippen molar-refractivity contribution < 1.29 is 18.0 Å². The number of anilines is 1. The van der Waals surface area contributed by atoms with Gasteiger partial charge in [-0.05, 0) is 36.5 Å². The molecular weight excluding hydrogens is 283 g/mol. The highest BCUT2D eigenvalue weighted by atomic mass is 19.4. The van der Waals surface area contributed by atoms with Gasteiger partial charge in [-0.15, -0.1) is 0 Å². The van der Waals surface area contributed by atoms with Crippen LogP contribution in [0.5, 0.6) is 0 Å². The van der Waals surface area contributed by atoms with E-state index in [0.29, 0.717) is 18.4 Å². The minimum Gasteiger partial charge on any atom is -0.341 e.